The molecule has 0 heterocycles. The Hall–Kier alpha value is -1.56. The van der Waals surface area contributed by atoms with Crippen molar-refractivity contribution in [2.75, 3.05) is 0 Å². The van der Waals surface area contributed by atoms with Crippen LogP contribution in [0.2, 0.25) is 0 Å². The van der Waals surface area contributed by atoms with Crippen LogP contribution in [0.3, 0.4) is 0 Å². The minimum atomic E-state index is 1.14. The molecule has 108 valence electrons. The fraction of sp³-hybridized carbons (Fsp3) is 0.400. The zero-order valence-electron chi connectivity index (χ0n) is 13.2. The fourth-order valence-electron chi connectivity index (χ4n) is 2.16. The van der Waals surface area contributed by atoms with Crippen molar-refractivity contribution in [2.45, 2.75) is 52.9 Å². The van der Waals surface area contributed by atoms with Gasteiger partial charge < -0.3 is 0 Å². The second-order valence-corrected chi connectivity index (χ2v) is 5.26. The van der Waals surface area contributed by atoms with Crippen molar-refractivity contribution in [2.24, 2.45) is 0 Å². The predicted octanol–water partition coefficient (Wildman–Crippen LogP) is 5.84. The Labute approximate surface area is 124 Å². The molecule has 0 saturated carbocycles. The standard InChI is InChI=1S/C17H20.C3H8/c1-2-7-16-10-6-11-17(14-16)13-12-15-8-4-3-5-9-15;1-3-2/h3-6,8-11,14H,2,7,12-13H2,1H3;3H2,1-2H3. The van der Waals surface area contributed by atoms with Crippen molar-refractivity contribution in [3.8, 4) is 0 Å². The summed E-state index contributed by atoms with van der Waals surface area (Å²) in [5.41, 5.74) is 4.35. The van der Waals surface area contributed by atoms with Gasteiger partial charge in [-0.2, -0.15) is 0 Å². The molecule has 0 radical (unpaired) electrons. The van der Waals surface area contributed by atoms with Crippen molar-refractivity contribution in [3.63, 3.8) is 0 Å². The van der Waals surface area contributed by atoms with E-state index in [1.54, 1.807) is 0 Å². The van der Waals surface area contributed by atoms with Crippen LogP contribution in [-0.4, -0.2) is 0 Å². The maximum atomic E-state index is 2.35. The molecular formula is C20H28. The number of benzene rings is 2. The van der Waals surface area contributed by atoms with Gasteiger partial charge in [-0.15, -0.1) is 0 Å². The number of hydrogen-bond donors (Lipinski definition) is 0. The summed E-state index contributed by atoms with van der Waals surface area (Å²) in [6, 6.07) is 19.7. The van der Waals surface area contributed by atoms with Crippen molar-refractivity contribution in [3.05, 3.63) is 71.3 Å². The van der Waals surface area contributed by atoms with E-state index in [1.165, 1.54) is 36.0 Å². The average Bonchev–Trinajstić information content (AvgIpc) is 2.48. The van der Waals surface area contributed by atoms with Gasteiger partial charge in [0.05, 0.1) is 0 Å². The van der Waals surface area contributed by atoms with E-state index in [0.717, 1.165) is 12.8 Å². The van der Waals surface area contributed by atoms with Crippen LogP contribution >= 0.6 is 0 Å². The molecule has 0 aromatic heterocycles. The average molecular weight is 268 g/mol. The van der Waals surface area contributed by atoms with Crippen molar-refractivity contribution in [1.29, 1.82) is 0 Å². The summed E-state index contributed by atoms with van der Waals surface area (Å²) >= 11 is 0. The highest BCUT2D eigenvalue weighted by atomic mass is 14.0. The summed E-state index contributed by atoms with van der Waals surface area (Å²) in [5.74, 6) is 0. The van der Waals surface area contributed by atoms with Crippen molar-refractivity contribution < 1.29 is 0 Å². The third-order valence-electron chi connectivity index (χ3n) is 3.08. The zero-order chi connectivity index (χ0) is 14.6. The fourth-order valence-corrected chi connectivity index (χ4v) is 2.16. The van der Waals surface area contributed by atoms with E-state index >= 15 is 0 Å². The summed E-state index contributed by atoms with van der Waals surface area (Å²) in [5, 5.41) is 0. The van der Waals surface area contributed by atoms with Crippen LogP contribution < -0.4 is 0 Å². The number of aryl methyl sites for hydroxylation is 3. The highest BCUT2D eigenvalue weighted by molar-refractivity contribution is 5.25. The van der Waals surface area contributed by atoms with Gasteiger partial charge in [-0.05, 0) is 36.0 Å². The van der Waals surface area contributed by atoms with Gasteiger partial charge in [0.15, 0.2) is 0 Å². The molecule has 0 atom stereocenters. The summed E-state index contributed by atoms with van der Waals surface area (Å²) < 4.78 is 0. The van der Waals surface area contributed by atoms with Crippen LogP contribution in [0.25, 0.3) is 0 Å². The number of rotatable bonds is 5. The molecule has 20 heavy (non-hydrogen) atoms. The maximum Gasteiger partial charge on any atom is -0.0238 e. The van der Waals surface area contributed by atoms with E-state index in [9.17, 15) is 0 Å². The zero-order valence-corrected chi connectivity index (χ0v) is 13.2. The Bertz CT molecular complexity index is 456. The largest absolute Gasteiger partial charge is 0.0656 e. The van der Waals surface area contributed by atoms with Crippen LogP contribution in [0.15, 0.2) is 54.6 Å². The summed E-state index contributed by atoms with van der Waals surface area (Å²) in [6.07, 6.45) is 5.94. The lowest BCUT2D eigenvalue weighted by atomic mass is 10.0. The third kappa shape index (κ3) is 6.56. The predicted molar refractivity (Wildman–Crippen MR) is 90.3 cm³/mol. The number of hydrogen-bond acceptors (Lipinski definition) is 0. The first kappa shape index (κ1) is 16.5. The summed E-state index contributed by atoms with van der Waals surface area (Å²) in [6.45, 7) is 6.48. The molecule has 0 fully saturated rings. The Morgan fingerprint density at radius 3 is 1.70 bits per heavy atom. The van der Waals surface area contributed by atoms with Crippen LogP contribution in [-0.2, 0) is 19.3 Å². The first-order chi connectivity index (χ1) is 9.80. The lowest BCUT2D eigenvalue weighted by Crippen LogP contribution is -1.92. The first-order valence-corrected chi connectivity index (χ1v) is 7.91. The molecule has 0 unspecified atom stereocenters. The molecule has 0 N–H and O–H groups in total. The van der Waals surface area contributed by atoms with Gasteiger partial charge in [0, 0.05) is 0 Å². The van der Waals surface area contributed by atoms with Gasteiger partial charge >= 0.3 is 0 Å². The molecule has 0 bridgehead atoms. The summed E-state index contributed by atoms with van der Waals surface area (Å²) in [7, 11) is 0. The van der Waals surface area contributed by atoms with Gasteiger partial charge in [-0.3, -0.25) is 0 Å². The molecule has 0 amide bonds. The minimum absolute atomic E-state index is 1.14. The van der Waals surface area contributed by atoms with Gasteiger partial charge in [-0.25, -0.2) is 0 Å². The van der Waals surface area contributed by atoms with E-state index in [-0.39, 0.29) is 0 Å². The molecule has 2 aromatic rings. The topological polar surface area (TPSA) is 0 Å². The SMILES string of the molecule is CCC.CCCc1cccc(CCc2ccccc2)c1. The van der Waals surface area contributed by atoms with Gasteiger partial charge in [0.2, 0.25) is 0 Å². The van der Waals surface area contributed by atoms with Crippen molar-refractivity contribution >= 4 is 0 Å². The summed E-state index contributed by atoms with van der Waals surface area (Å²) in [4.78, 5) is 0. The van der Waals surface area contributed by atoms with E-state index in [4.69, 9.17) is 0 Å². The second-order valence-electron chi connectivity index (χ2n) is 5.26. The van der Waals surface area contributed by atoms with E-state index in [0.29, 0.717) is 0 Å². The van der Waals surface area contributed by atoms with E-state index in [2.05, 4.69) is 75.4 Å². The lowest BCUT2D eigenvalue weighted by molar-refractivity contribution is 0.907. The van der Waals surface area contributed by atoms with Crippen LogP contribution in [0.4, 0.5) is 0 Å². The quantitative estimate of drug-likeness (QED) is 0.639. The van der Waals surface area contributed by atoms with E-state index < -0.39 is 0 Å². The lowest BCUT2D eigenvalue weighted by Gasteiger charge is -2.05. The Morgan fingerprint density at radius 1 is 0.600 bits per heavy atom. The highest BCUT2D eigenvalue weighted by Crippen LogP contribution is 2.11. The normalized spacial score (nSPS) is 9.75. The smallest absolute Gasteiger partial charge is 0.0238 e. The van der Waals surface area contributed by atoms with Gasteiger partial charge in [0.25, 0.3) is 0 Å². The molecule has 0 nitrogen and oxygen atoms in total. The van der Waals surface area contributed by atoms with Crippen LogP contribution in [0.1, 0.15) is 50.3 Å². The van der Waals surface area contributed by atoms with Crippen molar-refractivity contribution in [1.82, 2.24) is 0 Å². The molecule has 0 saturated heterocycles. The van der Waals surface area contributed by atoms with Crippen LogP contribution in [0.5, 0.6) is 0 Å². The Balaban J connectivity index is 0.000000612. The molecule has 2 aromatic carbocycles. The molecule has 2 rings (SSSR count). The first-order valence-electron chi connectivity index (χ1n) is 7.91. The second kappa shape index (κ2) is 10.3. The molecule has 0 heteroatoms. The molecular weight excluding hydrogens is 240 g/mol. The minimum Gasteiger partial charge on any atom is -0.0656 e. The molecule has 0 aliphatic heterocycles. The molecule has 0 aliphatic carbocycles. The Morgan fingerprint density at radius 2 is 1.10 bits per heavy atom. The van der Waals surface area contributed by atoms with Gasteiger partial charge in [-0.1, -0.05) is 88.2 Å². The Kier molecular flexibility index (Phi) is 8.46. The van der Waals surface area contributed by atoms with Crippen LogP contribution in [0, 0.1) is 0 Å². The van der Waals surface area contributed by atoms with Gasteiger partial charge in [0.1, 0.15) is 0 Å². The maximum absolute atomic E-state index is 2.35. The third-order valence-corrected chi connectivity index (χ3v) is 3.08. The highest BCUT2D eigenvalue weighted by Gasteiger charge is 1.97. The molecule has 0 spiro atoms. The van der Waals surface area contributed by atoms with E-state index in [1.807, 2.05) is 0 Å². The monoisotopic (exact) mass is 268 g/mol. The molecule has 0 aliphatic rings.